The molecule has 1 heterocycles. The van der Waals surface area contributed by atoms with Gasteiger partial charge in [-0.1, -0.05) is 33.6 Å². The van der Waals surface area contributed by atoms with Crippen molar-refractivity contribution in [2.45, 2.75) is 32.9 Å². The lowest BCUT2D eigenvalue weighted by molar-refractivity contribution is 0.490. The first-order valence-electron chi connectivity index (χ1n) is 6.49. The van der Waals surface area contributed by atoms with E-state index in [9.17, 15) is 0 Å². The molecule has 0 saturated heterocycles. The molecule has 0 aliphatic carbocycles. The van der Waals surface area contributed by atoms with E-state index in [0.29, 0.717) is 6.42 Å². The number of nitrogens with one attached hydrogen (secondary N) is 1. The minimum absolute atomic E-state index is 0.0187. The predicted octanol–water partition coefficient (Wildman–Crippen LogP) is 3.37. The van der Waals surface area contributed by atoms with Gasteiger partial charge in [-0.15, -0.1) is 0 Å². The van der Waals surface area contributed by atoms with Gasteiger partial charge in [0, 0.05) is 16.0 Å². The molecule has 1 aromatic carbocycles. The summed E-state index contributed by atoms with van der Waals surface area (Å²) in [5.41, 5.74) is 5.99. The number of halogens is 2. The summed E-state index contributed by atoms with van der Waals surface area (Å²) in [5, 5.41) is 5.19. The monoisotopic (exact) mass is 356 g/mol. The third-order valence-corrected chi connectivity index (χ3v) is 4.08. The van der Waals surface area contributed by atoms with Crippen LogP contribution in [0.4, 0.5) is 0 Å². The van der Waals surface area contributed by atoms with Crippen LogP contribution in [0.25, 0.3) is 0 Å². The van der Waals surface area contributed by atoms with E-state index in [0.717, 1.165) is 33.0 Å². The van der Waals surface area contributed by atoms with Crippen molar-refractivity contribution in [1.29, 1.82) is 0 Å². The largest absolute Gasteiger partial charge is 0.271 e. The molecule has 2 aromatic rings. The number of hydrazine groups is 1. The average molecular weight is 358 g/mol. The number of benzene rings is 1. The molecule has 20 heavy (non-hydrogen) atoms. The summed E-state index contributed by atoms with van der Waals surface area (Å²) in [6.07, 6.45) is 0.716. The van der Waals surface area contributed by atoms with Gasteiger partial charge in [0.25, 0.3) is 0 Å². The number of nitrogens with two attached hydrogens (primary N) is 1. The fourth-order valence-electron chi connectivity index (χ4n) is 2.26. The van der Waals surface area contributed by atoms with Crippen molar-refractivity contribution in [3.63, 3.8) is 0 Å². The minimum Gasteiger partial charge on any atom is -0.271 e. The number of aryl methyl sites for hydroxylation is 2. The standard InChI is InChI=1S/C14H18BrClN4/c1-3-20-14(6-9(2)19-20)13(18-17)7-10-4-5-11(15)8-12(10)16/h4-6,8,13,18H,3,7,17H2,1-2H3. The summed E-state index contributed by atoms with van der Waals surface area (Å²) in [6.45, 7) is 4.86. The van der Waals surface area contributed by atoms with Crippen LogP contribution in [0.15, 0.2) is 28.7 Å². The van der Waals surface area contributed by atoms with Crippen molar-refractivity contribution in [1.82, 2.24) is 15.2 Å². The van der Waals surface area contributed by atoms with Crippen LogP contribution in [0.2, 0.25) is 5.02 Å². The zero-order chi connectivity index (χ0) is 14.7. The van der Waals surface area contributed by atoms with Gasteiger partial charge in [0.2, 0.25) is 0 Å². The van der Waals surface area contributed by atoms with Crippen molar-refractivity contribution in [2.24, 2.45) is 5.84 Å². The smallest absolute Gasteiger partial charge is 0.0669 e. The zero-order valence-electron chi connectivity index (χ0n) is 11.5. The molecular weight excluding hydrogens is 340 g/mol. The zero-order valence-corrected chi connectivity index (χ0v) is 13.9. The first kappa shape index (κ1) is 15.5. The maximum Gasteiger partial charge on any atom is 0.0669 e. The molecule has 6 heteroatoms. The second-order valence-electron chi connectivity index (χ2n) is 4.69. The third-order valence-electron chi connectivity index (χ3n) is 3.23. The summed E-state index contributed by atoms with van der Waals surface area (Å²) < 4.78 is 2.94. The van der Waals surface area contributed by atoms with Crippen LogP contribution in [-0.2, 0) is 13.0 Å². The maximum absolute atomic E-state index is 6.28. The van der Waals surface area contributed by atoms with Crippen molar-refractivity contribution in [3.8, 4) is 0 Å². The van der Waals surface area contributed by atoms with Crippen LogP contribution >= 0.6 is 27.5 Å². The third kappa shape index (κ3) is 3.41. The van der Waals surface area contributed by atoms with E-state index in [1.807, 2.05) is 29.8 Å². The van der Waals surface area contributed by atoms with Gasteiger partial charge in [0.15, 0.2) is 0 Å². The summed E-state index contributed by atoms with van der Waals surface area (Å²) in [4.78, 5) is 0. The van der Waals surface area contributed by atoms with E-state index in [2.05, 4.69) is 39.4 Å². The van der Waals surface area contributed by atoms with Gasteiger partial charge in [-0.3, -0.25) is 16.0 Å². The fourth-order valence-corrected chi connectivity index (χ4v) is 3.01. The van der Waals surface area contributed by atoms with E-state index < -0.39 is 0 Å². The van der Waals surface area contributed by atoms with Gasteiger partial charge in [0.1, 0.15) is 0 Å². The Hall–Kier alpha value is -0.880. The SMILES string of the molecule is CCn1nc(C)cc1C(Cc1ccc(Br)cc1Cl)NN. The quantitative estimate of drug-likeness (QED) is 0.637. The molecule has 0 fully saturated rings. The molecule has 1 unspecified atom stereocenters. The Bertz CT molecular complexity index is 597. The Morgan fingerprint density at radius 2 is 2.20 bits per heavy atom. The molecule has 0 saturated carbocycles. The van der Waals surface area contributed by atoms with Crippen molar-refractivity contribution in [3.05, 3.63) is 50.7 Å². The summed E-state index contributed by atoms with van der Waals surface area (Å²) in [6, 6.07) is 7.93. The predicted molar refractivity (Wildman–Crippen MR) is 85.6 cm³/mol. The molecular formula is C14H18BrClN4. The van der Waals surface area contributed by atoms with Crippen LogP contribution in [0, 0.1) is 6.92 Å². The minimum atomic E-state index is -0.0187. The molecule has 1 atom stereocenters. The summed E-state index contributed by atoms with van der Waals surface area (Å²) in [7, 11) is 0. The average Bonchev–Trinajstić information content (AvgIpc) is 2.79. The van der Waals surface area contributed by atoms with Gasteiger partial charge in [0.05, 0.1) is 17.4 Å². The van der Waals surface area contributed by atoms with Crippen LogP contribution in [-0.4, -0.2) is 9.78 Å². The Morgan fingerprint density at radius 3 is 2.80 bits per heavy atom. The van der Waals surface area contributed by atoms with E-state index >= 15 is 0 Å². The number of hydrogen-bond acceptors (Lipinski definition) is 3. The molecule has 4 nitrogen and oxygen atoms in total. The number of hydrogen-bond donors (Lipinski definition) is 2. The lowest BCUT2D eigenvalue weighted by atomic mass is 10.0. The Kier molecular flexibility index (Phi) is 5.21. The van der Waals surface area contributed by atoms with Gasteiger partial charge < -0.3 is 0 Å². The molecule has 0 radical (unpaired) electrons. The van der Waals surface area contributed by atoms with Crippen LogP contribution in [0.3, 0.4) is 0 Å². The number of nitrogens with zero attached hydrogens (tertiary/aromatic N) is 2. The maximum atomic E-state index is 6.28. The molecule has 0 spiro atoms. The second kappa shape index (κ2) is 6.72. The highest BCUT2D eigenvalue weighted by Crippen LogP contribution is 2.26. The van der Waals surface area contributed by atoms with Gasteiger partial charge in [-0.2, -0.15) is 5.10 Å². The molecule has 108 valence electrons. The number of rotatable bonds is 5. The van der Waals surface area contributed by atoms with Gasteiger partial charge in [-0.05, 0) is 44.0 Å². The normalized spacial score (nSPS) is 12.7. The van der Waals surface area contributed by atoms with Crippen molar-refractivity contribution >= 4 is 27.5 Å². The highest BCUT2D eigenvalue weighted by molar-refractivity contribution is 9.10. The fraction of sp³-hybridized carbons (Fsp3) is 0.357. The molecule has 3 N–H and O–H groups in total. The molecule has 2 rings (SSSR count). The highest BCUT2D eigenvalue weighted by atomic mass is 79.9. The van der Waals surface area contributed by atoms with Gasteiger partial charge in [-0.25, -0.2) is 0 Å². The van der Waals surface area contributed by atoms with E-state index in [1.54, 1.807) is 0 Å². The topological polar surface area (TPSA) is 55.9 Å². The van der Waals surface area contributed by atoms with Crippen molar-refractivity contribution < 1.29 is 0 Å². The van der Waals surface area contributed by atoms with Crippen LogP contribution in [0.1, 0.15) is 29.9 Å². The summed E-state index contributed by atoms with van der Waals surface area (Å²) >= 11 is 9.69. The lowest BCUT2D eigenvalue weighted by Crippen LogP contribution is -2.31. The first-order valence-corrected chi connectivity index (χ1v) is 7.66. The second-order valence-corrected chi connectivity index (χ2v) is 6.01. The molecule has 0 amide bonds. The lowest BCUT2D eigenvalue weighted by Gasteiger charge is -2.18. The van der Waals surface area contributed by atoms with E-state index in [1.165, 1.54) is 0 Å². The summed E-state index contributed by atoms with van der Waals surface area (Å²) in [5.74, 6) is 5.72. The Labute approximate surface area is 132 Å². The van der Waals surface area contributed by atoms with E-state index in [4.69, 9.17) is 17.4 Å². The molecule has 1 aromatic heterocycles. The molecule has 0 aliphatic rings. The molecule has 0 aliphatic heterocycles. The van der Waals surface area contributed by atoms with Crippen molar-refractivity contribution in [2.75, 3.05) is 0 Å². The Balaban J connectivity index is 2.28. The van der Waals surface area contributed by atoms with E-state index in [-0.39, 0.29) is 6.04 Å². The highest BCUT2D eigenvalue weighted by Gasteiger charge is 2.17. The van der Waals surface area contributed by atoms with Gasteiger partial charge >= 0.3 is 0 Å². The number of aromatic nitrogens is 2. The first-order chi connectivity index (χ1) is 9.55. The van der Waals surface area contributed by atoms with Crippen LogP contribution in [0.5, 0.6) is 0 Å². The van der Waals surface area contributed by atoms with Crippen LogP contribution < -0.4 is 11.3 Å². The molecule has 0 bridgehead atoms. The Morgan fingerprint density at radius 1 is 1.45 bits per heavy atom.